The number of aromatic nitrogens is 2. The quantitative estimate of drug-likeness (QED) is 0.747. The summed E-state index contributed by atoms with van der Waals surface area (Å²) in [6.45, 7) is 0. The van der Waals surface area contributed by atoms with Crippen LogP contribution < -0.4 is 0 Å². The second-order valence-corrected chi connectivity index (χ2v) is 4.82. The van der Waals surface area contributed by atoms with Crippen molar-refractivity contribution in [2.45, 2.75) is 6.42 Å². The van der Waals surface area contributed by atoms with Crippen molar-refractivity contribution < 1.29 is 0 Å². The lowest BCUT2D eigenvalue weighted by Gasteiger charge is -1.90. The fraction of sp³-hybridized carbons (Fsp3) is 0.0769. The lowest BCUT2D eigenvalue weighted by atomic mass is 10.2. The summed E-state index contributed by atoms with van der Waals surface area (Å²) >= 11 is 1.72. The zero-order chi connectivity index (χ0) is 11.7. The highest BCUT2D eigenvalue weighted by Crippen LogP contribution is 2.17. The largest absolute Gasteiger partial charge is 0.342 e. The van der Waals surface area contributed by atoms with Crippen LogP contribution in [-0.4, -0.2) is 9.97 Å². The van der Waals surface area contributed by atoms with Gasteiger partial charge in [0.15, 0.2) is 0 Å². The maximum absolute atomic E-state index is 8.83. The third-order valence-corrected chi connectivity index (χ3v) is 3.46. The fourth-order valence-corrected chi connectivity index (χ4v) is 2.50. The van der Waals surface area contributed by atoms with Crippen LogP contribution in [0.15, 0.2) is 35.7 Å². The molecular weight excluding hydrogens is 230 g/mol. The number of rotatable bonds is 2. The van der Waals surface area contributed by atoms with Crippen LogP contribution >= 0.6 is 11.3 Å². The van der Waals surface area contributed by atoms with Gasteiger partial charge in [0.2, 0.25) is 0 Å². The van der Waals surface area contributed by atoms with E-state index in [1.54, 1.807) is 17.4 Å². The van der Waals surface area contributed by atoms with E-state index in [2.05, 4.69) is 27.5 Å². The van der Waals surface area contributed by atoms with Crippen LogP contribution in [0.4, 0.5) is 0 Å². The Morgan fingerprint density at radius 1 is 1.35 bits per heavy atom. The lowest BCUT2D eigenvalue weighted by Crippen LogP contribution is -1.86. The second kappa shape index (κ2) is 4.04. The summed E-state index contributed by atoms with van der Waals surface area (Å²) in [5.41, 5.74) is 2.50. The Morgan fingerprint density at radius 3 is 3.06 bits per heavy atom. The van der Waals surface area contributed by atoms with E-state index < -0.39 is 0 Å². The lowest BCUT2D eigenvalue weighted by molar-refractivity contribution is 1.06. The normalized spacial score (nSPS) is 10.5. The van der Waals surface area contributed by atoms with Crippen molar-refractivity contribution in [3.63, 3.8) is 0 Å². The summed E-state index contributed by atoms with van der Waals surface area (Å²) in [5.74, 6) is 0.942. The van der Waals surface area contributed by atoms with Gasteiger partial charge in [-0.3, -0.25) is 0 Å². The number of fused-ring (bicyclic) bond motifs is 1. The fourth-order valence-electron chi connectivity index (χ4n) is 1.79. The third-order valence-electron chi connectivity index (χ3n) is 2.58. The van der Waals surface area contributed by atoms with E-state index in [0.29, 0.717) is 5.56 Å². The number of nitriles is 1. The highest BCUT2D eigenvalue weighted by molar-refractivity contribution is 7.09. The SMILES string of the molecule is N#Cc1ccc2nc(Cc3cccs3)[nH]c2c1. The average Bonchev–Trinajstić information content (AvgIpc) is 2.96. The van der Waals surface area contributed by atoms with Crippen molar-refractivity contribution in [3.8, 4) is 6.07 Å². The molecule has 0 saturated carbocycles. The molecule has 17 heavy (non-hydrogen) atoms. The van der Waals surface area contributed by atoms with E-state index in [1.165, 1.54) is 4.88 Å². The molecule has 3 aromatic rings. The highest BCUT2D eigenvalue weighted by Gasteiger charge is 2.05. The first-order valence-corrected chi connectivity index (χ1v) is 6.14. The van der Waals surface area contributed by atoms with Gasteiger partial charge in [-0.15, -0.1) is 11.3 Å². The Hall–Kier alpha value is -2.12. The number of hydrogen-bond donors (Lipinski definition) is 1. The maximum atomic E-state index is 8.83. The first kappa shape index (κ1) is 10.1. The van der Waals surface area contributed by atoms with Crippen molar-refractivity contribution in [2.24, 2.45) is 0 Å². The summed E-state index contributed by atoms with van der Waals surface area (Å²) in [6, 6.07) is 11.8. The molecule has 0 fully saturated rings. The monoisotopic (exact) mass is 239 g/mol. The van der Waals surface area contributed by atoms with Crippen LogP contribution in [0.3, 0.4) is 0 Å². The van der Waals surface area contributed by atoms with Gasteiger partial charge < -0.3 is 4.98 Å². The number of nitrogens with zero attached hydrogens (tertiary/aromatic N) is 2. The molecule has 1 aromatic carbocycles. The van der Waals surface area contributed by atoms with Crippen molar-refractivity contribution >= 4 is 22.4 Å². The van der Waals surface area contributed by atoms with E-state index in [4.69, 9.17) is 5.26 Å². The molecule has 0 radical (unpaired) electrons. The minimum Gasteiger partial charge on any atom is -0.342 e. The van der Waals surface area contributed by atoms with E-state index in [1.807, 2.05) is 18.2 Å². The van der Waals surface area contributed by atoms with Crippen LogP contribution in [0, 0.1) is 11.3 Å². The predicted molar refractivity (Wildman–Crippen MR) is 67.9 cm³/mol. The third kappa shape index (κ3) is 1.93. The molecule has 0 atom stereocenters. The molecule has 4 heteroatoms. The van der Waals surface area contributed by atoms with Gasteiger partial charge in [-0.2, -0.15) is 5.26 Å². The number of H-pyrrole nitrogens is 1. The van der Waals surface area contributed by atoms with E-state index >= 15 is 0 Å². The molecular formula is C13H9N3S. The van der Waals surface area contributed by atoms with Gasteiger partial charge in [0.1, 0.15) is 5.82 Å². The molecule has 0 unspecified atom stereocenters. The number of imidazole rings is 1. The maximum Gasteiger partial charge on any atom is 0.112 e. The van der Waals surface area contributed by atoms with E-state index in [0.717, 1.165) is 23.3 Å². The van der Waals surface area contributed by atoms with Gasteiger partial charge in [0.25, 0.3) is 0 Å². The summed E-state index contributed by atoms with van der Waals surface area (Å²) in [5, 5.41) is 10.9. The summed E-state index contributed by atoms with van der Waals surface area (Å²) in [6.07, 6.45) is 0.814. The van der Waals surface area contributed by atoms with Gasteiger partial charge >= 0.3 is 0 Å². The van der Waals surface area contributed by atoms with Gasteiger partial charge in [-0.25, -0.2) is 4.98 Å². The predicted octanol–water partition coefficient (Wildman–Crippen LogP) is 3.09. The van der Waals surface area contributed by atoms with Gasteiger partial charge in [0, 0.05) is 11.3 Å². The molecule has 0 bridgehead atoms. The molecule has 3 nitrogen and oxygen atoms in total. The van der Waals surface area contributed by atoms with Crippen LogP contribution in [0.25, 0.3) is 11.0 Å². The molecule has 0 amide bonds. The first-order valence-electron chi connectivity index (χ1n) is 5.26. The minimum atomic E-state index is 0.656. The summed E-state index contributed by atoms with van der Waals surface area (Å²) in [7, 11) is 0. The second-order valence-electron chi connectivity index (χ2n) is 3.78. The summed E-state index contributed by atoms with van der Waals surface area (Å²) < 4.78 is 0. The molecule has 1 N–H and O–H groups in total. The average molecular weight is 239 g/mol. The Labute approximate surface area is 102 Å². The van der Waals surface area contributed by atoms with Crippen molar-refractivity contribution in [1.82, 2.24) is 9.97 Å². The topological polar surface area (TPSA) is 52.5 Å². The Balaban J connectivity index is 1.99. The van der Waals surface area contributed by atoms with Gasteiger partial charge in [0.05, 0.1) is 22.7 Å². The molecule has 82 valence electrons. The smallest absolute Gasteiger partial charge is 0.112 e. The summed E-state index contributed by atoms with van der Waals surface area (Å²) in [4.78, 5) is 9.04. The Kier molecular flexibility index (Phi) is 2.39. The van der Waals surface area contributed by atoms with Crippen LogP contribution in [-0.2, 0) is 6.42 Å². The van der Waals surface area contributed by atoms with Crippen molar-refractivity contribution in [1.29, 1.82) is 5.26 Å². The molecule has 0 aliphatic carbocycles. The number of thiophene rings is 1. The number of aromatic amines is 1. The van der Waals surface area contributed by atoms with Crippen LogP contribution in [0.2, 0.25) is 0 Å². The number of nitrogens with one attached hydrogen (secondary N) is 1. The molecule has 0 aliphatic heterocycles. The van der Waals surface area contributed by atoms with Crippen molar-refractivity contribution in [3.05, 3.63) is 52.0 Å². The molecule has 0 aliphatic rings. The molecule has 0 saturated heterocycles. The zero-order valence-electron chi connectivity index (χ0n) is 8.97. The van der Waals surface area contributed by atoms with Crippen LogP contribution in [0.5, 0.6) is 0 Å². The van der Waals surface area contributed by atoms with Gasteiger partial charge in [-0.1, -0.05) is 6.07 Å². The van der Waals surface area contributed by atoms with Crippen molar-refractivity contribution in [2.75, 3.05) is 0 Å². The van der Waals surface area contributed by atoms with E-state index in [-0.39, 0.29) is 0 Å². The number of benzene rings is 1. The minimum absolute atomic E-state index is 0.656. The molecule has 0 spiro atoms. The van der Waals surface area contributed by atoms with E-state index in [9.17, 15) is 0 Å². The zero-order valence-corrected chi connectivity index (χ0v) is 9.79. The molecule has 3 rings (SSSR count). The number of hydrogen-bond acceptors (Lipinski definition) is 3. The first-order chi connectivity index (χ1) is 8.35. The Morgan fingerprint density at radius 2 is 2.29 bits per heavy atom. The molecule has 2 aromatic heterocycles. The highest BCUT2D eigenvalue weighted by atomic mass is 32.1. The molecule has 2 heterocycles. The van der Waals surface area contributed by atoms with Gasteiger partial charge in [-0.05, 0) is 29.6 Å². The standard InChI is InChI=1S/C13H9N3S/c14-8-9-3-4-11-12(6-9)16-13(15-11)7-10-2-1-5-17-10/h1-6H,7H2,(H,15,16). The van der Waals surface area contributed by atoms with Crippen LogP contribution in [0.1, 0.15) is 16.3 Å². The Bertz CT molecular complexity index is 689.